The monoisotopic (exact) mass is 384 g/mol. The van der Waals surface area contributed by atoms with Gasteiger partial charge < -0.3 is 14.7 Å². The third-order valence-electron chi connectivity index (χ3n) is 4.31. The highest BCUT2D eigenvalue weighted by Crippen LogP contribution is 2.27. The lowest BCUT2D eigenvalue weighted by Gasteiger charge is -2.32. The topological polar surface area (TPSA) is 97.1 Å². The van der Waals surface area contributed by atoms with Crippen LogP contribution in [0.1, 0.15) is 27.2 Å². The molecule has 28 heavy (non-hydrogen) atoms. The van der Waals surface area contributed by atoms with Gasteiger partial charge in [0.1, 0.15) is 18.1 Å². The van der Waals surface area contributed by atoms with Crippen molar-refractivity contribution in [1.29, 1.82) is 0 Å². The van der Waals surface area contributed by atoms with Crippen LogP contribution in [-0.2, 0) is 4.84 Å². The molecular weight excluding hydrogens is 360 g/mol. The zero-order valence-electron chi connectivity index (χ0n) is 16.2. The largest absolute Gasteiger partial charge is 0.487 e. The van der Waals surface area contributed by atoms with Crippen molar-refractivity contribution in [2.24, 2.45) is 5.16 Å². The second-order valence-corrected chi connectivity index (χ2v) is 7.53. The van der Waals surface area contributed by atoms with E-state index in [0.717, 1.165) is 5.56 Å². The molecule has 2 aromatic heterocycles. The molecule has 1 aliphatic heterocycles. The van der Waals surface area contributed by atoms with Gasteiger partial charge in [0.15, 0.2) is 6.10 Å². The van der Waals surface area contributed by atoms with E-state index in [0.29, 0.717) is 23.6 Å². The summed E-state index contributed by atoms with van der Waals surface area (Å²) in [6.07, 6.45) is 4.41. The number of oxime groups is 1. The Morgan fingerprint density at radius 2 is 2.11 bits per heavy atom. The lowest BCUT2D eigenvalue weighted by molar-refractivity contribution is 0.0471. The van der Waals surface area contributed by atoms with E-state index in [1.165, 1.54) is 4.90 Å². The average Bonchev–Trinajstić information content (AvgIpc) is 3.12. The van der Waals surface area contributed by atoms with Gasteiger partial charge in [0, 0.05) is 36.1 Å². The van der Waals surface area contributed by atoms with Crippen LogP contribution in [0.3, 0.4) is 0 Å². The minimum atomic E-state index is -0.980. The van der Waals surface area contributed by atoms with Gasteiger partial charge in [-0.3, -0.25) is 14.9 Å². The van der Waals surface area contributed by atoms with Gasteiger partial charge in [0.25, 0.3) is 0 Å². The molecule has 148 valence electrons. The number of amides is 1. The smallest absolute Gasteiger partial charge is 0.408 e. The number of aromatic nitrogens is 2. The minimum Gasteiger partial charge on any atom is -0.487 e. The summed E-state index contributed by atoms with van der Waals surface area (Å²) in [6.45, 7) is 6.04. The molecule has 1 aliphatic rings. The molecule has 1 N–H and O–H groups in total. The summed E-state index contributed by atoms with van der Waals surface area (Å²) in [5.74, 6) is 0.634. The highest BCUT2D eigenvalue weighted by molar-refractivity contribution is 5.89. The molecule has 0 saturated heterocycles. The second-order valence-electron chi connectivity index (χ2n) is 7.53. The summed E-state index contributed by atoms with van der Waals surface area (Å²) in [6, 6.07) is 7.42. The summed E-state index contributed by atoms with van der Waals surface area (Å²) in [5, 5.41) is 13.5. The number of carbonyl (C=O) groups is 1. The van der Waals surface area contributed by atoms with Gasteiger partial charge in [-0.1, -0.05) is 5.16 Å². The van der Waals surface area contributed by atoms with Crippen LogP contribution in [0.15, 0.2) is 48.0 Å². The Morgan fingerprint density at radius 3 is 2.79 bits per heavy atom. The number of nitrogens with zero attached hydrogens (tertiary/aromatic N) is 4. The van der Waals surface area contributed by atoms with Crippen LogP contribution in [0.2, 0.25) is 0 Å². The van der Waals surface area contributed by atoms with E-state index in [4.69, 9.17) is 9.57 Å². The van der Waals surface area contributed by atoms with E-state index < -0.39 is 11.6 Å². The van der Waals surface area contributed by atoms with Crippen molar-refractivity contribution in [1.82, 2.24) is 14.9 Å². The molecule has 0 spiro atoms. The summed E-state index contributed by atoms with van der Waals surface area (Å²) < 4.78 is 5.92. The van der Waals surface area contributed by atoms with Gasteiger partial charge in [-0.05, 0) is 45.0 Å². The van der Waals surface area contributed by atoms with Crippen molar-refractivity contribution >= 4 is 11.8 Å². The van der Waals surface area contributed by atoms with Crippen LogP contribution < -0.4 is 4.74 Å². The molecule has 0 aliphatic carbocycles. The first-order valence-corrected chi connectivity index (χ1v) is 9.05. The van der Waals surface area contributed by atoms with Crippen molar-refractivity contribution < 1.29 is 19.5 Å². The second kappa shape index (κ2) is 8.24. The molecule has 1 amide bonds. The molecule has 1 unspecified atom stereocenters. The standard InChI is InChI=1S/C20H24N4O4/c1-20(2,3)24(19(25)26)12-15-10-16(28-23-15)13-27-17-7-5-9-22-18(17)14-6-4-8-21-11-14/h4-9,11,16H,10,12-13H2,1-3H3,(H,25,26). The van der Waals surface area contributed by atoms with Gasteiger partial charge in [-0.25, -0.2) is 4.79 Å². The molecule has 0 aromatic carbocycles. The first-order valence-electron chi connectivity index (χ1n) is 9.05. The Labute approximate surface area is 163 Å². The highest BCUT2D eigenvalue weighted by Gasteiger charge is 2.31. The molecule has 1 atom stereocenters. The third kappa shape index (κ3) is 4.76. The zero-order valence-corrected chi connectivity index (χ0v) is 16.2. The molecule has 0 radical (unpaired) electrons. The predicted octanol–water partition coefficient (Wildman–Crippen LogP) is 3.45. The van der Waals surface area contributed by atoms with E-state index in [-0.39, 0.29) is 19.3 Å². The lowest BCUT2D eigenvalue weighted by Crippen LogP contribution is -2.47. The van der Waals surface area contributed by atoms with Crippen molar-refractivity contribution in [3.05, 3.63) is 42.9 Å². The summed E-state index contributed by atoms with van der Waals surface area (Å²) in [4.78, 5) is 26.8. The molecule has 3 heterocycles. The minimum absolute atomic E-state index is 0.211. The number of ether oxygens (including phenoxy) is 1. The van der Waals surface area contributed by atoms with Crippen LogP contribution in [0.5, 0.6) is 5.75 Å². The Morgan fingerprint density at radius 1 is 1.32 bits per heavy atom. The average molecular weight is 384 g/mol. The first-order chi connectivity index (χ1) is 13.3. The molecule has 0 saturated carbocycles. The summed E-state index contributed by atoms with van der Waals surface area (Å²) in [5.41, 5.74) is 1.74. The first kappa shape index (κ1) is 19.6. The van der Waals surface area contributed by atoms with Crippen molar-refractivity contribution in [3.8, 4) is 17.0 Å². The fourth-order valence-electron chi connectivity index (χ4n) is 2.85. The Balaban J connectivity index is 1.59. The maximum atomic E-state index is 11.5. The lowest BCUT2D eigenvalue weighted by atomic mass is 10.1. The SMILES string of the molecule is CC(C)(C)N(CC1=NOC(COc2cccnc2-c2cccnc2)C1)C(=O)O. The predicted molar refractivity (Wildman–Crippen MR) is 104 cm³/mol. The fraction of sp³-hybridized carbons (Fsp3) is 0.400. The van der Waals surface area contributed by atoms with Gasteiger partial charge >= 0.3 is 6.09 Å². The normalized spacial score (nSPS) is 16.2. The quantitative estimate of drug-likeness (QED) is 0.819. The molecule has 8 heteroatoms. The third-order valence-corrected chi connectivity index (χ3v) is 4.31. The van der Waals surface area contributed by atoms with Crippen LogP contribution in [0.4, 0.5) is 4.79 Å². The van der Waals surface area contributed by atoms with Crippen LogP contribution >= 0.6 is 0 Å². The number of hydrogen-bond donors (Lipinski definition) is 1. The maximum absolute atomic E-state index is 11.5. The highest BCUT2D eigenvalue weighted by atomic mass is 16.7. The zero-order chi connectivity index (χ0) is 20.1. The number of pyridine rings is 2. The van der Waals surface area contributed by atoms with Crippen LogP contribution in [0, 0.1) is 0 Å². The summed E-state index contributed by atoms with van der Waals surface area (Å²) in [7, 11) is 0. The molecule has 2 aromatic rings. The number of rotatable bonds is 6. The number of carboxylic acid groups (broad SMARTS) is 1. The van der Waals surface area contributed by atoms with E-state index >= 15 is 0 Å². The van der Waals surface area contributed by atoms with E-state index in [1.54, 1.807) is 24.7 Å². The van der Waals surface area contributed by atoms with Crippen molar-refractivity contribution in [2.45, 2.75) is 38.8 Å². The van der Waals surface area contributed by atoms with E-state index in [2.05, 4.69) is 15.1 Å². The van der Waals surface area contributed by atoms with Gasteiger partial charge in [-0.2, -0.15) is 0 Å². The van der Waals surface area contributed by atoms with Crippen LogP contribution in [-0.4, -0.2) is 56.6 Å². The molecular formula is C20H24N4O4. The Hall–Kier alpha value is -3.16. The van der Waals surface area contributed by atoms with Crippen molar-refractivity contribution in [3.63, 3.8) is 0 Å². The van der Waals surface area contributed by atoms with Crippen molar-refractivity contribution in [2.75, 3.05) is 13.2 Å². The molecule has 0 bridgehead atoms. The van der Waals surface area contributed by atoms with Gasteiger partial charge in [0.2, 0.25) is 0 Å². The fourth-order valence-corrected chi connectivity index (χ4v) is 2.85. The molecule has 0 fully saturated rings. The Bertz CT molecular complexity index is 849. The van der Waals surface area contributed by atoms with Gasteiger partial charge in [-0.15, -0.1) is 0 Å². The van der Waals surface area contributed by atoms with E-state index in [9.17, 15) is 9.90 Å². The maximum Gasteiger partial charge on any atom is 0.408 e. The molecule has 8 nitrogen and oxygen atoms in total. The molecule has 3 rings (SSSR count). The number of hydrogen-bond acceptors (Lipinski definition) is 6. The van der Waals surface area contributed by atoms with E-state index in [1.807, 2.05) is 39.0 Å². The van der Waals surface area contributed by atoms with Crippen LogP contribution in [0.25, 0.3) is 11.3 Å². The Kier molecular flexibility index (Phi) is 5.77. The summed E-state index contributed by atoms with van der Waals surface area (Å²) >= 11 is 0. The van der Waals surface area contributed by atoms with Gasteiger partial charge in [0.05, 0.1) is 12.3 Å².